The molecule has 1 amide bonds. The number of nitrogens with zero attached hydrogens (tertiary/aromatic N) is 1. The first kappa shape index (κ1) is 23.0. The van der Waals surface area contributed by atoms with Gasteiger partial charge < -0.3 is 10.1 Å². The lowest BCUT2D eigenvalue weighted by Gasteiger charge is -2.30. The molecule has 0 saturated heterocycles. The van der Waals surface area contributed by atoms with Crippen molar-refractivity contribution in [3.05, 3.63) is 59.1 Å². The third-order valence-electron chi connectivity index (χ3n) is 4.54. The number of benzene rings is 2. The molecule has 1 N–H and O–H groups in total. The van der Waals surface area contributed by atoms with Crippen LogP contribution in [0.1, 0.15) is 25.3 Å². The summed E-state index contributed by atoms with van der Waals surface area (Å²) < 4.78 is 31.2. The Kier molecular flexibility index (Phi) is 8.34. The van der Waals surface area contributed by atoms with Gasteiger partial charge in [-0.2, -0.15) is 0 Å². The zero-order valence-corrected chi connectivity index (χ0v) is 18.5. The molecule has 158 valence electrons. The average molecular weight is 439 g/mol. The number of hydrogen-bond donors (Lipinski definition) is 1. The van der Waals surface area contributed by atoms with Crippen LogP contribution in [0.3, 0.4) is 0 Å². The van der Waals surface area contributed by atoms with E-state index in [0.717, 1.165) is 22.5 Å². The zero-order chi connectivity index (χ0) is 21.4. The number of aryl methyl sites for hydroxylation is 1. The highest BCUT2D eigenvalue weighted by molar-refractivity contribution is 7.92. The van der Waals surface area contributed by atoms with Crippen LogP contribution in [0.5, 0.6) is 5.75 Å². The molecular weight excluding hydrogens is 412 g/mol. The fourth-order valence-corrected chi connectivity index (χ4v) is 4.54. The van der Waals surface area contributed by atoms with E-state index in [-0.39, 0.29) is 5.91 Å². The molecule has 0 aromatic heterocycles. The Balaban J connectivity index is 2.06. The quantitative estimate of drug-likeness (QED) is 0.574. The minimum Gasteiger partial charge on any atom is -0.497 e. The molecule has 2 rings (SSSR count). The van der Waals surface area contributed by atoms with Crippen molar-refractivity contribution in [2.75, 3.05) is 24.2 Å². The van der Waals surface area contributed by atoms with Gasteiger partial charge in [0.2, 0.25) is 15.9 Å². The van der Waals surface area contributed by atoms with E-state index in [1.54, 1.807) is 31.2 Å². The molecule has 1 unspecified atom stereocenters. The standard InChI is InChI=1S/C21H27ClN2O4S/c1-4-20(21(25)23-15-7-9-16-8-5-6-10-19(16)22)24(29(3,26)27)17-11-13-18(28-2)14-12-17/h5-6,8,10-14,20H,4,7,9,15H2,1-3H3,(H,23,25). The van der Waals surface area contributed by atoms with Gasteiger partial charge in [0, 0.05) is 11.6 Å². The van der Waals surface area contributed by atoms with Crippen LogP contribution in [0.15, 0.2) is 48.5 Å². The molecule has 0 aliphatic heterocycles. The Morgan fingerprint density at radius 2 is 1.83 bits per heavy atom. The number of carbonyl (C=O) groups excluding carboxylic acids is 1. The van der Waals surface area contributed by atoms with Crippen molar-refractivity contribution < 1.29 is 17.9 Å². The largest absolute Gasteiger partial charge is 0.497 e. The molecule has 29 heavy (non-hydrogen) atoms. The molecule has 0 bridgehead atoms. The van der Waals surface area contributed by atoms with Crippen LogP contribution in [-0.4, -0.2) is 40.3 Å². The summed E-state index contributed by atoms with van der Waals surface area (Å²) in [5, 5.41) is 3.56. The molecule has 0 fully saturated rings. The lowest BCUT2D eigenvalue weighted by Crippen LogP contribution is -2.49. The predicted molar refractivity (Wildman–Crippen MR) is 117 cm³/mol. The number of nitrogens with one attached hydrogen (secondary N) is 1. The van der Waals surface area contributed by atoms with E-state index >= 15 is 0 Å². The summed E-state index contributed by atoms with van der Waals surface area (Å²) in [6.45, 7) is 2.22. The third kappa shape index (κ3) is 6.37. The van der Waals surface area contributed by atoms with Gasteiger partial charge in [-0.3, -0.25) is 9.10 Å². The number of methoxy groups -OCH3 is 1. The first-order chi connectivity index (χ1) is 13.8. The lowest BCUT2D eigenvalue weighted by molar-refractivity contribution is -0.122. The van der Waals surface area contributed by atoms with Gasteiger partial charge in [-0.25, -0.2) is 8.42 Å². The van der Waals surface area contributed by atoms with Crippen LogP contribution >= 0.6 is 11.6 Å². The zero-order valence-electron chi connectivity index (χ0n) is 16.9. The van der Waals surface area contributed by atoms with Gasteiger partial charge in [-0.05, 0) is 55.2 Å². The van der Waals surface area contributed by atoms with Gasteiger partial charge in [0.05, 0.1) is 19.1 Å². The van der Waals surface area contributed by atoms with Crippen molar-refractivity contribution in [2.24, 2.45) is 0 Å². The number of anilines is 1. The average Bonchev–Trinajstić information content (AvgIpc) is 2.69. The molecule has 6 nitrogen and oxygen atoms in total. The first-order valence-electron chi connectivity index (χ1n) is 9.42. The summed E-state index contributed by atoms with van der Waals surface area (Å²) in [5.41, 5.74) is 1.44. The number of rotatable bonds is 10. The predicted octanol–water partition coefficient (Wildman–Crippen LogP) is 3.64. The fourth-order valence-electron chi connectivity index (χ4n) is 3.10. The molecule has 0 heterocycles. The van der Waals surface area contributed by atoms with Gasteiger partial charge in [-0.15, -0.1) is 0 Å². The second-order valence-electron chi connectivity index (χ2n) is 6.67. The smallest absolute Gasteiger partial charge is 0.243 e. The first-order valence-corrected chi connectivity index (χ1v) is 11.6. The van der Waals surface area contributed by atoms with E-state index < -0.39 is 16.1 Å². The Bertz CT molecular complexity index is 917. The SMILES string of the molecule is CCC(C(=O)NCCCc1ccccc1Cl)N(c1ccc(OC)cc1)S(C)(=O)=O. The van der Waals surface area contributed by atoms with E-state index in [1.807, 2.05) is 24.3 Å². The summed E-state index contributed by atoms with van der Waals surface area (Å²) in [5.74, 6) is 0.284. The molecule has 8 heteroatoms. The van der Waals surface area contributed by atoms with E-state index in [0.29, 0.717) is 35.8 Å². The maximum Gasteiger partial charge on any atom is 0.243 e. The van der Waals surface area contributed by atoms with Crippen LogP contribution < -0.4 is 14.4 Å². The molecule has 1 atom stereocenters. The molecule has 0 radical (unpaired) electrons. The minimum absolute atomic E-state index is 0.326. The van der Waals surface area contributed by atoms with Crippen molar-refractivity contribution in [1.82, 2.24) is 5.32 Å². The normalized spacial score (nSPS) is 12.3. The van der Waals surface area contributed by atoms with Crippen molar-refractivity contribution in [1.29, 1.82) is 0 Å². The second-order valence-corrected chi connectivity index (χ2v) is 8.93. The van der Waals surface area contributed by atoms with Gasteiger partial charge >= 0.3 is 0 Å². The maximum atomic E-state index is 12.8. The Labute approximate surface area is 177 Å². The molecular formula is C21H27ClN2O4S. The summed E-state index contributed by atoms with van der Waals surface area (Å²) >= 11 is 6.15. The molecule has 0 aliphatic rings. The highest BCUT2D eigenvalue weighted by atomic mass is 35.5. The van der Waals surface area contributed by atoms with Crippen LogP contribution in [0.2, 0.25) is 5.02 Å². The number of ether oxygens (including phenoxy) is 1. The van der Waals surface area contributed by atoms with E-state index in [2.05, 4.69) is 5.32 Å². The van der Waals surface area contributed by atoms with Crippen molar-refractivity contribution in [2.45, 2.75) is 32.2 Å². The van der Waals surface area contributed by atoms with Crippen molar-refractivity contribution >= 4 is 33.2 Å². The topological polar surface area (TPSA) is 75.7 Å². The second kappa shape index (κ2) is 10.5. The summed E-state index contributed by atoms with van der Waals surface area (Å²) in [6, 6.07) is 13.3. The van der Waals surface area contributed by atoms with Crippen LogP contribution in [0.4, 0.5) is 5.69 Å². The van der Waals surface area contributed by atoms with Gasteiger partial charge in [-0.1, -0.05) is 36.7 Å². The van der Waals surface area contributed by atoms with Gasteiger partial charge in [0.15, 0.2) is 0 Å². The summed E-state index contributed by atoms with van der Waals surface area (Å²) in [4.78, 5) is 12.8. The maximum absolute atomic E-state index is 12.8. The number of hydrogen-bond acceptors (Lipinski definition) is 4. The molecule has 0 aliphatic carbocycles. The Morgan fingerprint density at radius 3 is 2.38 bits per heavy atom. The van der Waals surface area contributed by atoms with Gasteiger partial charge in [0.1, 0.15) is 11.8 Å². The molecule has 2 aromatic rings. The third-order valence-corrected chi connectivity index (χ3v) is 6.09. The lowest BCUT2D eigenvalue weighted by atomic mass is 10.1. The fraction of sp³-hybridized carbons (Fsp3) is 0.381. The molecule has 0 spiro atoms. The monoisotopic (exact) mass is 438 g/mol. The highest BCUT2D eigenvalue weighted by Crippen LogP contribution is 2.25. The number of amides is 1. The highest BCUT2D eigenvalue weighted by Gasteiger charge is 2.31. The summed E-state index contributed by atoms with van der Waals surface area (Å²) in [6.07, 6.45) is 2.87. The van der Waals surface area contributed by atoms with E-state index in [4.69, 9.17) is 16.3 Å². The Hall–Kier alpha value is -2.25. The Morgan fingerprint density at radius 1 is 1.17 bits per heavy atom. The summed E-state index contributed by atoms with van der Waals surface area (Å²) in [7, 11) is -2.12. The van der Waals surface area contributed by atoms with Crippen LogP contribution in [0.25, 0.3) is 0 Å². The number of halogens is 1. The van der Waals surface area contributed by atoms with Crippen LogP contribution in [-0.2, 0) is 21.2 Å². The van der Waals surface area contributed by atoms with E-state index in [1.165, 1.54) is 7.11 Å². The molecule has 2 aromatic carbocycles. The minimum atomic E-state index is -3.66. The van der Waals surface area contributed by atoms with E-state index in [9.17, 15) is 13.2 Å². The number of sulfonamides is 1. The van der Waals surface area contributed by atoms with Crippen LogP contribution in [0, 0.1) is 0 Å². The number of carbonyl (C=O) groups is 1. The molecule has 0 saturated carbocycles. The van der Waals surface area contributed by atoms with Crippen molar-refractivity contribution in [3.63, 3.8) is 0 Å². The van der Waals surface area contributed by atoms with Gasteiger partial charge in [0.25, 0.3) is 0 Å². The van der Waals surface area contributed by atoms with Crippen molar-refractivity contribution in [3.8, 4) is 5.75 Å².